The van der Waals surface area contributed by atoms with Gasteiger partial charge in [-0.15, -0.1) is 0 Å². The van der Waals surface area contributed by atoms with E-state index < -0.39 is 17.6 Å². The molecule has 2 aromatic carbocycles. The van der Waals surface area contributed by atoms with Crippen molar-refractivity contribution >= 4 is 5.91 Å². The first-order valence-corrected chi connectivity index (χ1v) is 10.9. The minimum Gasteiger partial charge on any atom is -0.508 e. The van der Waals surface area contributed by atoms with Crippen molar-refractivity contribution in [2.75, 3.05) is 32.8 Å². The summed E-state index contributed by atoms with van der Waals surface area (Å²) >= 11 is 0. The van der Waals surface area contributed by atoms with Crippen LogP contribution < -0.4 is 10.1 Å². The molecule has 0 atom stereocenters. The van der Waals surface area contributed by atoms with Crippen molar-refractivity contribution in [2.24, 2.45) is 0 Å². The maximum atomic E-state index is 13.8. The van der Waals surface area contributed by atoms with E-state index in [0.29, 0.717) is 43.2 Å². The molecule has 4 rings (SSSR count). The first-order valence-electron chi connectivity index (χ1n) is 10.9. The lowest BCUT2D eigenvalue weighted by Crippen LogP contribution is -2.46. The van der Waals surface area contributed by atoms with Gasteiger partial charge in [-0.05, 0) is 48.5 Å². The largest absolute Gasteiger partial charge is 0.508 e. The van der Waals surface area contributed by atoms with E-state index >= 15 is 0 Å². The Bertz CT molecular complexity index is 1240. The van der Waals surface area contributed by atoms with Crippen LogP contribution in [-0.2, 0) is 6.18 Å². The standard InChI is InChI=1S/C26H22F3N3O3/c27-26(28,29)23-16-19(4-9-22(23)25(34)32-13-11-30-12-14-32)24-10-3-18(17-31-24)2-1-15-35-21-7-5-20(33)6-8-21/h3-10,16-17,30,33H,11-15H2. The highest BCUT2D eigenvalue weighted by molar-refractivity contribution is 5.96. The number of carbonyl (C=O) groups excluding carboxylic acids is 1. The zero-order valence-electron chi connectivity index (χ0n) is 18.6. The molecular weight excluding hydrogens is 459 g/mol. The number of halogens is 3. The molecule has 1 fully saturated rings. The summed E-state index contributed by atoms with van der Waals surface area (Å²) < 4.78 is 46.9. The maximum Gasteiger partial charge on any atom is 0.417 e. The van der Waals surface area contributed by atoms with Crippen LogP contribution in [0, 0.1) is 11.8 Å². The summed E-state index contributed by atoms with van der Waals surface area (Å²) in [6.45, 7) is 1.94. The van der Waals surface area contributed by atoms with E-state index in [1.54, 1.807) is 24.3 Å². The first kappa shape index (κ1) is 24.1. The SMILES string of the molecule is O=C(c1ccc(-c2ccc(C#CCOc3ccc(O)cc3)cn2)cc1C(F)(F)F)N1CCNCC1. The molecular formula is C26H22F3N3O3. The third-order valence-corrected chi connectivity index (χ3v) is 5.40. The molecule has 0 aliphatic carbocycles. The highest BCUT2D eigenvalue weighted by Crippen LogP contribution is 2.35. The fourth-order valence-corrected chi connectivity index (χ4v) is 3.60. The van der Waals surface area contributed by atoms with Crippen molar-refractivity contribution in [2.45, 2.75) is 6.18 Å². The average molecular weight is 481 g/mol. The zero-order chi connectivity index (χ0) is 24.8. The third kappa shape index (κ3) is 6.11. The smallest absolute Gasteiger partial charge is 0.417 e. The number of alkyl halides is 3. The Kier molecular flexibility index (Phi) is 7.22. The van der Waals surface area contributed by atoms with Gasteiger partial charge in [0, 0.05) is 43.5 Å². The summed E-state index contributed by atoms with van der Waals surface area (Å²) in [5.41, 5.74) is -0.175. The van der Waals surface area contributed by atoms with Gasteiger partial charge in [-0.2, -0.15) is 13.2 Å². The number of piperazine rings is 1. The predicted octanol–water partition coefficient (Wildman–Crippen LogP) is 3.95. The molecule has 180 valence electrons. The molecule has 35 heavy (non-hydrogen) atoms. The number of nitrogens with zero attached hydrogens (tertiary/aromatic N) is 2. The summed E-state index contributed by atoms with van der Waals surface area (Å²) in [5, 5.41) is 12.3. The minimum atomic E-state index is -4.68. The quantitative estimate of drug-likeness (QED) is 0.552. The predicted molar refractivity (Wildman–Crippen MR) is 124 cm³/mol. The van der Waals surface area contributed by atoms with Crippen LogP contribution in [0.1, 0.15) is 21.5 Å². The maximum absolute atomic E-state index is 13.8. The summed E-state index contributed by atoms with van der Waals surface area (Å²) in [6.07, 6.45) is -3.21. The minimum absolute atomic E-state index is 0.115. The van der Waals surface area contributed by atoms with Crippen LogP contribution in [0.5, 0.6) is 11.5 Å². The molecule has 0 unspecified atom stereocenters. The Labute approximate surface area is 200 Å². The normalized spacial score (nSPS) is 13.6. The molecule has 9 heteroatoms. The number of hydrogen-bond donors (Lipinski definition) is 2. The van der Waals surface area contributed by atoms with Crippen LogP contribution in [0.15, 0.2) is 60.8 Å². The summed E-state index contributed by atoms with van der Waals surface area (Å²) in [4.78, 5) is 18.4. The van der Waals surface area contributed by atoms with Gasteiger partial charge in [0.1, 0.15) is 18.1 Å². The zero-order valence-corrected chi connectivity index (χ0v) is 18.6. The van der Waals surface area contributed by atoms with Crippen molar-refractivity contribution in [3.8, 4) is 34.6 Å². The van der Waals surface area contributed by atoms with Crippen molar-refractivity contribution in [3.63, 3.8) is 0 Å². The van der Waals surface area contributed by atoms with Crippen LogP contribution in [0.3, 0.4) is 0 Å². The molecule has 1 saturated heterocycles. The fourth-order valence-electron chi connectivity index (χ4n) is 3.60. The van der Waals surface area contributed by atoms with Gasteiger partial charge in [0.2, 0.25) is 0 Å². The number of hydrogen-bond acceptors (Lipinski definition) is 5. The molecule has 0 saturated carbocycles. The topological polar surface area (TPSA) is 74.7 Å². The van der Waals surface area contributed by atoms with E-state index in [1.807, 2.05) is 0 Å². The Morgan fingerprint density at radius 2 is 1.83 bits per heavy atom. The Morgan fingerprint density at radius 1 is 1.09 bits per heavy atom. The van der Waals surface area contributed by atoms with Gasteiger partial charge >= 0.3 is 6.18 Å². The highest BCUT2D eigenvalue weighted by Gasteiger charge is 2.36. The summed E-state index contributed by atoms with van der Waals surface area (Å²) in [5.74, 6) is 5.78. The van der Waals surface area contributed by atoms with Crippen LogP contribution in [0.4, 0.5) is 13.2 Å². The van der Waals surface area contributed by atoms with Gasteiger partial charge in [-0.3, -0.25) is 9.78 Å². The Balaban J connectivity index is 1.48. The van der Waals surface area contributed by atoms with Crippen molar-refractivity contribution < 1.29 is 27.8 Å². The molecule has 3 aromatic rings. The second-order valence-corrected chi connectivity index (χ2v) is 7.82. The van der Waals surface area contributed by atoms with Gasteiger partial charge in [0.05, 0.1) is 16.8 Å². The van der Waals surface area contributed by atoms with Gasteiger partial charge in [-0.25, -0.2) is 0 Å². The Hall–Kier alpha value is -4.03. The number of benzene rings is 2. The van der Waals surface area contributed by atoms with Crippen LogP contribution in [-0.4, -0.2) is 53.7 Å². The Morgan fingerprint density at radius 3 is 2.49 bits per heavy atom. The number of aromatic nitrogens is 1. The number of ether oxygens (including phenoxy) is 1. The van der Waals surface area contributed by atoms with Crippen molar-refractivity contribution in [3.05, 3.63) is 77.5 Å². The van der Waals surface area contributed by atoms with Crippen LogP contribution in [0.25, 0.3) is 11.3 Å². The number of aromatic hydroxyl groups is 1. The van der Waals surface area contributed by atoms with Gasteiger partial charge in [-0.1, -0.05) is 17.9 Å². The van der Waals surface area contributed by atoms with Gasteiger partial charge in [0.15, 0.2) is 0 Å². The average Bonchev–Trinajstić information content (AvgIpc) is 2.87. The van der Waals surface area contributed by atoms with Gasteiger partial charge < -0.3 is 20.1 Å². The van der Waals surface area contributed by atoms with E-state index in [9.17, 15) is 23.1 Å². The fraction of sp³-hybridized carbons (Fsp3) is 0.231. The van der Waals surface area contributed by atoms with Crippen LogP contribution >= 0.6 is 0 Å². The molecule has 0 spiro atoms. The highest BCUT2D eigenvalue weighted by atomic mass is 19.4. The van der Waals surface area contributed by atoms with E-state index in [0.717, 1.165) is 6.07 Å². The molecule has 2 heterocycles. The molecule has 1 amide bonds. The van der Waals surface area contributed by atoms with Crippen molar-refractivity contribution in [1.82, 2.24) is 15.2 Å². The van der Waals surface area contributed by atoms with E-state index in [2.05, 4.69) is 22.1 Å². The lowest BCUT2D eigenvalue weighted by molar-refractivity contribution is -0.138. The second-order valence-electron chi connectivity index (χ2n) is 7.82. The van der Waals surface area contributed by atoms with E-state index in [-0.39, 0.29) is 23.5 Å². The number of nitrogens with one attached hydrogen (secondary N) is 1. The molecule has 0 radical (unpaired) electrons. The summed E-state index contributed by atoms with van der Waals surface area (Å²) in [6, 6.07) is 13.1. The molecule has 6 nitrogen and oxygen atoms in total. The molecule has 1 aliphatic heterocycles. The first-order chi connectivity index (χ1) is 16.8. The van der Waals surface area contributed by atoms with Crippen molar-refractivity contribution in [1.29, 1.82) is 0 Å². The number of rotatable bonds is 4. The number of carbonyl (C=O) groups is 1. The number of amides is 1. The third-order valence-electron chi connectivity index (χ3n) is 5.40. The summed E-state index contributed by atoms with van der Waals surface area (Å²) in [7, 11) is 0. The monoisotopic (exact) mass is 481 g/mol. The van der Waals surface area contributed by atoms with E-state index in [1.165, 1.54) is 35.4 Å². The molecule has 0 bridgehead atoms. The second kappa shape index (κ2) is 10.5. The molecule has 1 aliphatic rings. The number of phenols is 1. The lowest BCUT2D eigenvalue weighted by Gasteiger charge is -2.28. The lowest BCUT2D eigenvalue weighted by atomic mass is 10.00. The number of phenolic OH excluding ortho intramolecular Hbond substituents is 1. The van der Waals surface area contributed by atoms with Gasteiger partial charge in [0.25, 0.3) is 5.91 Å². The molecule has 1 aromatic heterocycles. The number of pyridine rings is 1. The molecule has 2 N–H and O–H groups in total. The van der Waals surface area contributed by atoms with E-state index in [4.69, 9.17) is 4.74 Å². The van der Waals surface area contributed by atoms with Crippen LogP contribution in [0.2, 0.25) is 0 Å².